The van der Waals surface area contributed by atoms with Gasteiger partial charge in [-0.1, -0.05) is 5.10 Å². The lowest BCUT2D eigenvalue weighted by Gasteiger charge is -2.01. The molecule has 1 aliphatic heterocycles. The topological polar surface area (TPSA) is 73.3 Å². The van der Waals surface area contributed by atoms with E-state index in [1.165, 1.54) is 0 Å². The van der Waals surface area contributed by atoms with Crippen LogP contribution < -0.4 is 5.32 Å². The standard InChI is InChI=1S/C11H13N3O3/c1-3-8(15-5-1)7-12-11-14-13-10(17-11)9-4-2-6-16-9/h1,3,5,9H,2,4,6-7H2,(H,12,14). The first-order valence-corrected chi connectivity index (χ1v) is 5.63. The summed E-state index contributed by atoms with van der Waals surface area (Å²) in [6.45, 7) is 1.29. The number of anilines is 1. The van der Waals surface area contributed by atoms with Gasteiger partial charge in [-0.3, -0.25) is 0 Å². The van der Waals surface area contributed by atoms with Crippen LogP contribution in [0.2, 0.25) is 0 Å². The summed E-state index contributed by atoms with van der Waals surface area (Å²) >= 11 is 0. The van der Waals surface area contributed by atoms with E-state index in [2.05, 4.69) is 15.5 Å². The summed E-state index contributed by atoms with van der Waals surface area (Å²) in [4.78, 5) is 0. The van der Waals surface area contributed by atoms with Crippen LogP contribution >= 0.6 is 0 Å². The minimum atomic E-state index is -0.0401. The van der Waals surface area contributed by atoms with E-state index in [1.807, 2.05) is 12.1 Å². The van der Waals surface area contributed by atoms with Gasteiger partial charge in [0, 0.05) is 6.61 Å². The number of rotatable bonds is 4. The predicted octanol–water partition coefficient (Wildman–Crippen LogP) is 2.13. The molecule has 1 fully saturated rings. The average molecular weight is 235 g/mol. The number of aromatic nitrogens is 2. The monoisotopic (exact) mass is 235 g/mol. The van der Waals surface area contributed by atoms with Gasteiger partial charge >= 0.3 is 6.01 Å². The minimum absolute atomic E-state index is 0.0401. The lowest BCUT2D eigenvalue weighted by Crippen LogP contribution is -1.98. The molecule has 0 radical (unpaired) electrons. The van der Waals surface area contributed by atoms with Gasteiger partial charge in [0.2, 0.25) is 5.89 Å². The molecule has 0 spiro atoms. The Morgan fingerprint density at radius 2 is 2.41 bits per heavy atom. The first-order valence-electron chi connectivity index (χ1n) is 5.63. The maximum atomic E-state index is 5.47. The molecule has 1 aliphatic rings. The summed E-state index contributed by atoms with van der Waals surface area (Å²) in [5.74, 6) is 1.37. The summed E-state index contributed by atoms with van der Waals surface area (Å²) in [6.07, 6.45) is 3.58. The third-order valence-corrected chi connectivity index (χ3v) is 2.64. The normalized spacial score (nSPS) is 19.6. The minimum Gasteiger partial charge on any atom is -0.467 e. The average Bonchev–Trinajstić information content (AvgIpc) is 3.09. The Morgan fingerprint density at radius 3 is 3.18 bits per heavy atom. The number of furan rings is 1. The summed E-state index contributed by atoms with van der Waals surface area (Å²) in [5, 5.41) is 10.9. The van der Waals surface area contributed by atoms with Crippen molar-refractivity contribution >= 4 is 6.01 Å². The third kappa shape index (κ3) is 2.31. The molecule has 90 valence electrons. The lowest BCUT2D eigenvalue weighted by atomic mass is 10.2. The van der Waals surface area contributed by atoms with Crippen molar-refractivity contribution in [1.82, 2.24) is 10.2 Å². The Bertz CT molecular complexity index is 460. The van der Waals surface area contributed by atoms with Crippen molar-refractivity contribution in [1.29, 1.82) is 0 Å². The molecule has 0 bridgehead atoms. The fraction of sp³-hybridized carbons (Fsp3) is 0.455. The highest BCUT2D eigenvalue weighted by atomic mass is 16.5. The Labute approximate surface area is 98.0 Å². The van der Waals surface area contributed by atoms with Crippen molar-refractivity contribution in [3.8, 4) is 0 Å². The van der Waals surface area contributed by atoms with Gasteiger partial charge in [0.1, 0.15) is 11.9 Å². The number of nitrogens with zero attached hydrogens (tertiary/aromatic N) is 2. The summed E-state index contributed by atoms with van der Waals surface area (Å²) in [6, 6.07) is 4.11. The summed E-state index contributed by atoms with van der Waals surface area (Å²) in [7, 11) is 0. The molecule has 1 N–H and O–H groups in total. The molecule has 2 aromatic rings. The molecule has 1 saturated heterocycles. The lowest BCUT2D eigenvalue weighted by molar-refractivity contribution is 0.0897. The van der Waals surface area contributed by atoms with Crippen LogP contribution in [-0.4, -0.2) is 16.8 Å². The van der Waals surface area contributed by atoms with Crippen LogP contribution in [0.1, 0.15) is 30.6 Å². The number of hydrogen-bond acceptors (Lipinski definition) is 6. The molecule has 0 amide bonds. The number of ether oxygens (including phenoxy) is 1. The second kappa shape index (κ2) is 4.58. The molecule has 3 rings (SSSR count). The summed E-state index contributed by atoms with van der Waals surface area (Å²) < 4.78 is 16.1. The molecule has 0 saturated carbocycles. The fourth-order valence-electron chi connectivity index (χ4n) is 1.78. The fourth-order valence-corrected chi connectivity index (χ4v) is 1.78. The van der Waals surface area contributed by atoms with E-state index in [0.717, 1.165) is 25.2 Å². The van der Waals surface area contributed by atoms with E-state index in [9.17, 15) is 0 Å². The molecule has 1 unspecified atom stereocenters. The van der Waals surface area contributed by atoms with E-state index in [0.29, 0.717) is 18.5 Å². The van der Waals surface area contributed by atoms with Crippen molar-refractivity contribution in [2.75, 3.05) is 11.9 Å². The van der Waals surface area contributed by atoms with Crippen molar-refractivity contribution in [3.63, 3.8) is 0 Å². The molecule has 3 heterocycles. The largest absolute Gasteiger partial charge is 0.467 e. The van der Waals surface area contributed by atoms with Crippen LogP contribution in [0.4, 0.5) is 6.01 Å². The van der Waals surface area contributed by atoms with Crippen LogP contribution in [0, 0.1) is 0 Å². The van der Waals surface area contributed by atoms with Gasteiger partial charge in [-0.25, -0.2) is 0 Å². The first kappa shape index (κ1) is 10.3. The molecule has 2 aromatic heterocycles. The Balaban J connectivity index is 1.60. The smallest absolute Gasteiger partial charge is 0.315 e. The van der Waals surface area contributed by atoms with Crippen LogP contribution in [0.25, 0.3) is 0 Å². The van der Waals surface area contributed by atoms with Crippen molar-refractivity contribution in [2.24, 2.45) is 0 Å². The molecule has 17 heavy (non-hydrogen) atoms. The van der Waals surface area contributed by atoms with E-state index in [1.54, 1.807) is 6.26 Å². The first-order chi connectivity index (χ1) is 8.42. The zero-order valence-electron chi connectivity index (χ0n) is 9.26. The molecule has 6 heteroatoms. The second-order valence-electron chi connectivity index (χ2n) is 3.88. The maximum absolute atomic E-state index is 5.47. The van der Waals surface area contributed by atoms with Gasteiger partial charge in [-0.2, -0.15) is 0 Å². The highest BCUT2D eigenvalue weighted by Crippen LogP contribution is 2.28. The van der Waals surface area contributed by atoms with E-state index < -0.39 is 0 Å². The van der Waals surface area contributed by atoms with Crippen molar-refractivity contribution in [2.45, 2.75) is 25.5 Å². The van der Waals surface area contributed by atoms with E-state index >= 15 is 0 Å². The van der Waals surface area contributed by atoms with E-state index in [4.69, 9.17) is 13.6 Å². The van der Waals surface area contributed by atoms with E-state index in [-0.39, 0.29) is 6.10 Å². The molecule has 6 nitrogen and oxygen atoms in total. The van der Waals surface area contributed by atoms with Gasteiger partial charge < -0.3 is 18.9 Å². The Kier molecular flexibility index (Phi) is 2.79. The predicted molar refractivity (Wildman–Crippen MR) is 58.3 cm³/mol. The second-order valence-corrected chi connectivity index (χ2v) is 3.88. The zero-order valence-corrected chi connectivity index (χ0v) is 9.26. The molecular weight excluding hydrogens is 222 g/mol. The Hall–Kier alpha value is -1.82. The Morgan fingerprint density at radius 1 is 1.41 bits per heavy atom. The zero-order chi connectivity index (χ0) is 11.5. The SMILES string of the molecule is c1coc(CNc2nnc(C3CCCO3)o2)c1. The van der Waals surface area contributed by atoms with Gasteiger partial charge in [-0.15, -0.1) is 5.10 Å². The molecule has 0 aliphatic carbocycles. The molecular formula is C11H13N3O3. The third-order valence-electron chi connectivity index (χ3n) is 2.64. The van der Waals surface area contributed by atoms with Gasteiger partial charge in [0.05, 0.1) is 12.8 Å². The highest BCUT2D eigenvalue weighted by Gasteiger charge is 2.23. The van der Waals surface area contributed by atoms with Crippen LogP contribution in [0.15, 0.2) is 27.2 Å². The van der Waals surface area contributed by atoms with Crippen molar-refractivity contribution in [3.05, 3.63) is 30.0 Å². The molecule has 1 atom stereocenters. The maximum Gasteiger partial charge on any atom is 0.315 e. The number of nitrogens with one attached hydrogen (secondary N) is 1. The van der Waals surface area contributed by atoms with Gasteiger partial charge in [0.25, 0.3) is 0 Å². The summed E-state index contributed by atoms with van der Waals surface area (Å²) in [5.41, 5.74) is 0. The quantitative estimate of drug-likeness (QED) is 0.875. The van der Waals surface area contributed by atoms with Gasteiger partial charge in [0.15, 0.2) is 0 Å². The highest BCUT2D eigenvalue weighted by molar-refractivity contribution is 5.19. The van der Waals surface area contributed by atoms with Gasteiger partial charge in [-0.05, 0) is 25.0 Å². The number of hydrogen-bond donors (Lipinski definition) is 1. The molecule has 0 aromatic carbocycles. The van der Waals surface area contributed by atoms with Crippen molar-refractivity contribution < 1.29 is 13.6 Å². The van der Waals surface area contributed by atoms with Crippen LogP contribution in [-0.2, 0) is 11.3 Å². The van der Waals surface area contributed by atoms with Crippen LogP contribution in [0.3, 0.4) is 0 Å². The van der Waals surface area contributed by atoms with Crippen LogP contribution in [0.5, 0.6) is 0 Å².